The maximum Gasteiger partial charge on any atom is 0.310 e. The first-order chi connectivity index (χ1) is 25.5. The Kier molecular flexibility index (Phi) is 12.6. The molecule has 13 heteroatoms. The van der Waals surface area contributed by atoms with E-state index in [9.17, 15) is 9.59 Å². The first-order valence-corrected chi connectivity index (χ1v) is 32.5. The number of ether oxygens (including phenoxy) is 3. The van der Waals surface area contributed by atoms with Crippen LogP contribution in [0.1, 0.15) is 58.9 Å². The Balaban J connectivity index is 1.32. The first-order valence-electron chi connectivity index (χ1n) is 20.0. The number of esters is 2. The van der Waals surface area contributed by atoms with Gasteiger partial charge in [0, 0.05) is 18.1 Å². The molecule has 5 rings (SSSR count). The molecule has 1 unspecified atom stereocenters. The summed E-state index contributed by atoms with van der Waals surface area (Å²) in [5, 5.41) is 1.81. The van der Waals surface area contributed by atoms with Crippen molar-refractivity contribution in [1.82, 2.24) is 0 Å². The van der Waals surface area contributed by atoms with Gasteiger partial charge in [-0.15, -0.1) is 0 Å². The maximum atomic E-state index is 13.3. The van der Waals surface area contributed by atoms with Crippen molar-refractivity contribution in [2.75, 3.05) is 11.9 Å². The summed E-state index contributed by atoms with van der Waals surface area (Å²) in [6, 6.07) is 18.2. The summed E-state index contributed by atoms with van der Waals surface area (Å²) in [6.07, 6.45) is 6.47. The van der Waals surface area contributed by atoms with Gasteiger partial charge in [-0.25, -0.2) is 0 Å². The van der Waals surface area contributed by atoms with Crippen molar-refractivity contribution in [2.24, 2.45) is 4.99 Å². The second-order valence-corrected chi connectivity index (χ2v) is 35.9. The lowest BCUT2D eigenvalue weighted by molar-refractivity contribution is -0.133. The van der Waals surface area contributed by atoms with Crippen LogP contribution in [-0.4, -0.2) is 64.2 Å². The van der Waals surface area contributed by atoms with E-state index >= 15 is 0 Å². The summed E-state index contributed by atoms with van der Waals surface area (Å²) in [4.78, 5) is 33.7. The van der Waals surface area contributed by atoms with E-state index in [1.54, 1.807) is 0 Å². The fourth-order valence-electron chi connectivity index (χ4n) is 8.40. The van der Waals surface area contributed by atoms with Crippen LogP contribution >= 0.6 is 0 Å². The molecule has 0 saturated heterocycles. The molecule has 3 aromatic carbocycles. The fraction of sp³-hybridized carbons (Fsp3) is 0.548. The third kappa shape index (κ3) is 9.73. The summed E-state index contributed by atoms with van der Waals surface area (Å²) < 4.78 is 32.2. The van der Waals surface area contributed by atoms with Crippen molar-refractivity contribution in [3.63, 3.8) is 0 Å². The lowest BCUT2D eigenvalue weighted by Crippen LogP contribution is -2.61. The SMILES string of the molecule is CCCC[Si](C)(C)O[Si](C)(C)CC(=O)Oc1ccc2c(c1)C(C)(C)C1(C=Nc3c(ccc4ccc(OC(=O)C[Si](C)(C)O[Si](C)(C)CCCC)cc34)O1)N2C. The Morgan fingerprint density at radius 3 is 1.78 bits per heavy atom. The van der Waals surface area contributed by atoms with Crippen LogP contribution in [0.5, 0.6) is 17.2 Å². The molecule has 300 valence electrons. The molecule has 0 fully saturated rings. The molecule has 2 aliphatic rings. The second kappa shape index (κ2) is 16.0. The van der Waals surface area contributed by atoms with Gasteiger partial charge in [0.05, 0.1) is 23.7 Å². The highest BCUT2D eigenvalue weighted by atomic mass is 28.4. The number of carbonyl (C=O) groups is 2. The summed E-state index contributed by atoms with van der Waals surface area (Å²) in [7, 11) is -6.23. The number of unbranched alkanes of at least 4 members (excludes halogenated alkanes) is 2. The van der Waals surface area contributed by atoms with Crippen LogP contribution in [0.4, 0.5) is 11.4 Å². The fourth-order valence-corrected chi connectivity index (χ4v) is 25.7. The van der Waals surface area contributed by atoms with E-state index < -0.39 is 44.4 Å². The molecule has 0 radical (unpaired) electrons. The number of hydrogen-bond donors (Lipinski definition) is 0. The molecule has 1 atom stereocenters. The van der Waals surface area contributed by atoms with E-state index in [0.717, 1.165) is 59.8 Å². The van der Waals surface area contributed by atoms with E-state index in [4.69, 9.17) is 27.4 Å². The number of fused-ring (bicyclic) bond motifs is 4. The summed E-state index contributed by atoms with van der Waals surface area (Å²) in [5.74, 6) is 1.09. The number of hydrogen-bond acceptors (Lipinski definition) is 9. The van der Waals surface area contributed by atoms with Crippen LogP contribution in [0.15, 0.2) is 53.5 Å². The zero-order chi connectivity index (χ0) is 40.6. The quantitative estimate of drug-likeness (QED) is 0.0801. The molecule has 0 amide bonds. The molecule has 0 saturated carbocycles. The van der Waals surface area contributed by atoms with E-state index in [-0.39, 0.29) is 11.9 Å². The molecular weight excluding hydrogens is 757 g/mol. The number of rotatable bonds is 16. The Labute approximate surface area is 333 Å². The number of benzene rings is 3. The Morgan fingerprint density at radius 2 is 1.24 bits per heavy atom. The predicted octanol–water partition coefficient (Wildman–Crippen LogP) is 11.3. The Hall–Kier alpha value is -3.08. The number of nitrogens with zero attached hydrogens (tertiary/aromatic N) is 2. The standard InChI is InChI=1S/C42H64N2O7Si4/c1-14-16-24-52(6,7)50-54(10,11)28-38(45)47-32-20-18-31-19-23-37-40(34(31)26-32)43-30-42(49-37)41(3,4)35-27-33(21-22-36(35)44(42)5)48-39(46)29-55(12,13)51-53(8,9)25-17-15-2/h18-23,26-27,30H,14-17,24-25,28-29H2,1-13H3. The highest BCUT2D eigenvalue weighted by Gasteiger charge is 2.59. The third-order valence-electron chi connectivity index (χ3n) is 10.9. The summed E-state index contributed by atoms with van der Waals surface area (Å²) in [5.41, 5.74) is 1.14. The second-order valence-electron chi connectivity index (χ2n) is 18.5. The van der Waals surface area contributed by atoms with Crippen molar-refractivity contribution in [3.8, 4) is 17.2 Å². The van der Waals surface area contributed by atoms with Gasteiger partial charge in [0.25, 0.3) is 0 Å². The van der Waals surface area contributed by atoms with Crippen LogP contribution in [0.3, 0.4) is 0 Å². The van der Waals surface area contributed by atoms with Crippen molar-refractivity contribution in [1.29, 1.82) is 0 Å². The molecule has 2 aliphatic heterocycles. The van der Waals surface area contributed by atoms with Gasteiger partial charge in [0.2, 0.25) is 5.72 Å². The van der Waals surface area contributed by atoms with Gasteiger partial charge in [-0.1, -0.05) is 51.7 Å². The lowest BCUT2D eigenvalue weighted by Gasteiger charge is -2.45. The number of aliphatic imine (C=N–C) groups is 1. The zero-order valence-electron chi connectivity index (χ0n) is 35.6. The molecule has 0 N–H and O–H groups in total. The van der Waals surface area contributed by atoms with Crippen LogP contribution in [-0.2, 0) is 23.2 Å². The van der Waals surface area contributed by atoms with Crippen LogP contribution < -0.4 is 19.1 Å². The van der Waals surface area contributed by atoms with Gasteiger partial charge in [0.1, 0.15) is 22.9 Å². The normalized spacial score (nSPS) is 17.9. The van der Waals surface area contributed by atoms with Crippen LogP contribution in [0.25, 0.3) is 10.8 Å². The Bertz CT molecular complexity index is 1940. The maximum absolute atomic E-state index is 13.3. The van der Waals surface area contributed by atoms with Gasteiger partial charge in [-0.2, -0.15) is 0 Å². The average molecular weight is 821 g/mol. The third-order valence-corrected chi connectivity index (χ3v) is 25.2. The number of carbonyl (C=O) groups excluding carboxylic acids is 2. The molecule has 3 aromatic rings. The molecule has 0 aromatic heterocycles. The topological polar surface area (TPSA) is 95.9 Å². The van der Waals surface area contributed by atoms with Crippen LogP contribution in [0.2, 0.25) is 76.6 Å². The molecular formula is C42H64N2O7Si4. The van der Waals surface area contributed by atoms with Gasteiger partial charge < -0.3 is 27.3 Å². The Morgan fingerprint density at radius 1 is 0.727 bits per heavy atom. The minimum Gasteiger partial charge on any atom is -0.459 e. The molecule has 55 heavy (non-hydrogen) atoms. The molecule has 0 bridgehead atoms. The smallest absolute Gasteiger partial charge is 0.310 e. The van der Waals surface area contributed by atoms with Crippen molar-refractivity contribution >= 4 is 73.6 Å². The van der Waals surface area contributed by atoms with Gasteiger partial charge in [0.15, 0.2) is 33.3 Å². The monoisotopic (exact) mass is 820 g/mol. The minimum absolute atomic E-state index is 0.260. The van der Waals surface area contributed by atoms with E-state index in [1.807, 2.05) is 61.8 Å². The zero-order valence-corrected chi connectivity index (χ0v) is 39.6. The molecule has 0 aliphatic carbocycles. The summed E-state index contributed by atoms with van der Waals surface area (Å²) >= 11 is 0. The summed E-state index contributed by atoms with van der Waals surface area (Å²) in [6.45, 7) is 26.1. The van der Waals surface area contributed by atoms with E-state index in [1.165, 1.54) is 0 Å². The number of anilines is 1. The first kappa shape index (κ1) is 43.0. The van der Waals surface area contributed by atoms with Crippen molar-refractivity contribution in [2.45, 2.75) is 141 Å². The highest BCUT2D eigenvalue weighted by molar-refractivity contribution is 6.86. The average Bonchev–Trinajstić information content (AvgIpc) is 3.21. The van der Waals surface area contributed by atoms with Gasteiger partial charge in [-0.05, 0) is 126 Å². The van der Waals surface area contributed by atoms with Gasteiger partial charge in [-0.3, -0.25) is 14.6 Å². The molecule has 2 heterocycles. The highest BCUT2D eigenvalue weighted by Crippen LogP contribution is 2.55. The molecule has 9 nitrogen and oxygen atoms in total. The molecule has 1 spiro atoms. The largest absolute Gasteiger partial charge is 0.459 e. The van der Waals surface area contributed by atoms with Crippen LogP contribution in [0, 0.1) is 0 Å². The predicted molar refractivity (Wildman–Crippen MR) is 236 cm³/mol. The van der Waals surface area contributed by atoms with Gasteiger partial charge >= 0.3 is 11.9 Å². The van der Waals surface area contributed by atoms with Crippen molar-refractivity contribution < 1.29 is 32.0 Å². The van der Waals surface area contributed by atoms with Crippen molar-refractivity contribution in [3.05, 3.63) is 54.1 Å². The van der Waals surface area contributed by atoms with E-state index in [0.29, 0.717) is 35.0 Å². The van der Waals surface area contributed by atoms with E-state index in [2.05, 4.69) is 85.0 Å². The number of likely N-dealkylation sites (N-methyl/N-ethyl adjacent to an activating group) is 1. The minimum atomic E-state index is -2.27. The lowest BCUT2D eigenvalue weighted by atomic mass is 9.77.